The van der Waals surface area contributed by atoms with Gasteiger partial charge in [0.2, 0.25) is 11.8 Å². The number of amides is 2. The Labute approximate surface area is 235 Å². The Morgan fingerprint density at radius 2 is 1.69 bits per heavy atom. The Balaban J connectivity index is 2.08. The molecule has 0 aromatic heterocycles. The molecule has 0 saturated heterocycles. The van der Waals surface area contributed by atoms with Gasteiger partial charge in [-0.25, -0.2) is 8.42 Å². The summed E-state index contributed by atoms with van der Waals surface area (Å²) in [5, 5.41) is 3.11. The Morgan fingerprint density at radius 1 is 1.03 bits per heavy atom. The lowest BCUT2D eigenvalue weighted by atomic mass is 10.1. The molecule has 3 rings (SSSR count). The Hall–Kier alpha value is -3.56. The van der Waals surface area contributed by atoms with E-state index in [4.69, 9.17) is 16.3 Å². The van der Waals surface area contributed by atoms with Crippen molar-refractivity contribution in [3.63, 3.8) is 0 Å². The van der Waals surface area contributed by atoms with E-state index in [0.29, 0.717) is 22.9 Å². The van der Waals surface area contributed by atoms with E-state index in [1.165, 1.54) is 17.0 Å². The van der Waals surface area contributed by atoms with Crippen molar-refractivity contribution in [2.24, 2.45) is 0 Å². The molecule has 2 amide bonds. The highest BCUT2D eigenvalue weighted by Crippen LogP contribution is 2.31. The molecule has 1 N–H and O–H groups in total. The van der Waals surface area contributed by atoms with Crippen LogP contribution < -0.4 is 14.4 Å². The molecule has 0 bridgehead atoms. The van der Waals surface area contributed by atoms with Gasteiger partial charge in [0.05, 0.1) is 17.7 Å². The quantitative estimate of drug-likeness (QED) is 0.359. The fraction of sp³-hybridized carbons (Fsp3) is 0.310. The first-order chi connectivity index (χ1) is 18.5. The van der Waals surface area contributed by atoms with Gasteiger partial charge in [0.25, 0.3) is 10.0 Å². The fourth-order valence-corrected chi connectivity index (χ4v) is 5.73. The first-order valence-corrected chi connectivity index (χ1v) is 14.4. The molecule has 0 fully saturated rings. The number of rotatable bonds is 11. The number of carbonyl (C=O) groups is 2. The lowest BCUT2D eigenvalue weighted by molar-refractivity contribution is -0.139. The van der Waals surface area contributed by atoms with Gasteiger partial charge in [-0.05, 0) is 75.2 Å². The first-order valence-electron chi connectivity index (χ1n) is 12.5. The van der Waals surface area contributed by atoms with Crippen LogP contribution in [0.2, 0.25) is 5.02 Å². The average Bonchev–Trinajstić information content (AvgIpc) is 2.92. The predicted octanol–water partition coefficient (Wildman–Crippen LogP) is 4.71. The number of likely N-dealkylation sites (N-methyl/N-ethyl adjacent to an activating group) is 1. The van der Waals surface area contributed by atoms with Gasteiger partial charge in [-0.1, -0.05) is 47.5 Å². The van der Waals surface area contributed by atoms with Crippen LogP contribution in [0.1, 0.15) is 30.5 Å². The molecule has 10 heteroatoms. The second kappa shape index (κ2) is 13.0. The molecule has 39 heavy (non-hydrogen) atoms. The molecule has 0 heterocycles. The van der Waals surface area contributed by atoms with Gasteiger partial charge in [0.15, 0.2) is 0 Å². The SMILES string of the molecule is CCNC(=O)C(C)N(Cc1cccc(OC)c1)C(=O)CN(c1cccc(Cl)c1C)S(=O)(=O)c1ccc(C)cc1. The zero-order chi connectivity index (χ0) is 28.7. The largest absolute Gasteiger partial charge is 0.497 e. The van der Waals surface area contributed by atoms with Crippen molar-refractivity contribution in [3.8, 4) is 5.75 Å². The summed E-state index contributed by atoms with van der Waals surface area (Å²) in [5.41, 5.74) is 2.42. The van der Waals surface area contributed by atoms with Crippen LogP contribution in [0.3, 0.4) is 0 Å². The standard InChI is InChI=1S/C29H34ClN3O5S/c1-6-31-29(35)22(4)32(18-23-9-7-10-24(17-23)38-5)28(34)19-33(27-12-8-11-26(30)21(27)3)39(36,37)25-15-13-20(2)14-16-25/h7-17,22H,6,18-19H2,1-5H3,(H,31,35). The lowest BCUT2D eigenvalue weighted by Gasteiger charge is -2.32. The summed E-state index contributed by atoms with van der Waals surface area (Å²) in [6.07, 6.45) is 0. The van der Waals surface area contributed by atoms with Crippen molar-refractivity contribution in [2.45, 2.75) is 45.2 Å². The van der Waals surface area contributed by atoms with E-state index in [2.05, 4.69) is 5.32 Å². The third-order valence-corrected chi connectivity index (χ3v) is 8.58. The molecule has 3 aromatic carbocycles. The van der Waals surface area contributed by atoms with Gasteiger partial charge in [-0.2, -0.15) is 0 Å². The number of ether oxygens (including phenoxy) is 1. The third kappa shape index (κ3) is 7.10. The molecule has 0 saturated carbocycles. The van der Waals surface area contributed by atoms with Crippen molar-refractivity contribution in [1.29, 1.82) is 0 Å². The second-order valence-corrected chi connectivity index (χ2v) is 11.4. The van der Waals surface area contributed by atoms with Crippen LogP contribution in [0.25, 0.3) is 0 Å². The molecule has 0 radical (unpaired) electrons. The zero-order valence-electron chi connectivity index (χ0n) is 22.8. The summed E-state index contributed by atoms with van der Waals surface area (Å²) in [5.74, 6) is -0.295. The molecule has 3 aromatic rings. The average molecular weight is 572 g/mol. The fourth-order valence-electron chi connectivity index (χ4n) is 4.09. The van der Waals surface area contributed by atoms with Crippen molar-refractivity contribution in [2.75, 3.05) is 24.5 Å². The molecule has 0 spiro atoms. The maximum absolute atomic E-state index is 13.9. The minimum Gasteiger partial charge on any atom is -0.497 e. The minimum atomic E-state index is -4.17. The van der Waals surface area contributed by atoms with E-state index in [1.807, 2.05) is 13.0 Å². The van der Waals surface area contributed by atoms with Crippen LogP contribution in [0, 0.1) is 13.8 Å². The molecule has 0 aliphatic heterocycles. The van der Waals surface area contributed by atoms with Crippen LogP contribution in [-0.4, -0.2) is 51.4 Å². The van der Waals surface area contributed by atoms with Gasteiger partial charge in [-0.3, -0.25) is 13.9 Å². The van der Waals surface area contributed by atoms with Crippen molar-refractivity contribution in [3.05, 3.63) is 88.4 Å². The van der Waals surface area contributed by atoms with Gasteiger partial charge in [0, 0.05) is 18.1 Å². The Morgan fingerprint density at radius 3 is 2.33 bits per heavy atom. The highest BCUT2D eigenvalue weighted by atomic mass is 35.5. The molecule has 0 aliphatic rings. The van der Waals surface area contributed by atoms with Gasteiger partial charge >= 0.3 is 0 Å². The number of aryl methyl sites for hydroxylation is 1. The highest BCUT2D eigenvalue weighted by molar-refractivity contribution is 7.92. The molecular weight excluding hydrogens is 538 g/mol. The lowest BCUT2D eigenvalue weighted by Crippen LogP contribution is -2.51. The molecule has 0 aliphatic carbocycles. The first kappa shape index (κ1) is 30.0. The van der Waals surface area contributed by atoms with E-state index >= 15 is 0 Å². The third-order valence-electron chi connectivity index (χ3n) is 6.40. The van der Waals surface area contributed by atoms with Gasteiger partial charge in [-0.15, -0.1) is 0 Å². The number of methoxy groups -OCH3 is 1. The number of sulfonamides is 1. The smallest absolute Gasteiger partial charge is 0.264 e. The minimum absolute atomic E-state index is 0.0383. The van der Waals surface area contributed by atoms with E-state index in [1.54, 1.807) is 76.4 Å². The molecule has 1 atom stereocenters. The van der Waals surface area contributed by atoms with Crippen LogP contribution in [-0.2, 0) is 26.2 Å². The zero-order valence-corrected chi connectivity index (χ0v) is 24.3. The number of benzene rings is 3. The summed E-state index contributed by atoms with van der Waals surface area (Å²) >= 11 is 6.35. The number of hydrogen-bond acceptors (Lipinski definition) is 5. The predicted molar refractivity (Wildman–Crippen MR) is 154 cm³/mol. The molecular formula is C29H34ClN3O5S. The topological polar surface area (TPSA) is 96.0 Å². The van der Waals surface area contributed by atoms with Crippen LogP contribution >= 0.6 is 11.6 Å². The highest BCUT2D eigenvalue weighted by Gasteiger charge is 2.33. The Bertz CT molecular complexity index is 1430. The van der Waals surface area contributed by atoms with Crippen molar-refractivity contribution in [1.82, 2.24) is 10.2 Å². The number of hydrogen-bond donors (Lipinski definition) is 1. The van der Waals surface area contributed by atoms with Crippen molar-refractivity contribution >= 4 is 39.1 Å². The molecule has 1 unspecified atom stereocenters. The number of nitrogens with one attached hydrogen (secondary N) is 1. The second-order valence-electron chi connectivity index (χ2n) is 9.15. The van der Waals surface area contributed by atoms with Crippen LogP contribution in [0.4, 0.5) is 5.69 Å². The van der Waals surface area contributed by atoms with Crippen LogP contribution in [0.5, 0.6) is 5.75 Å². The number of halogens is 1. The summed E-state index contributed by atoms with van der Waals surface area (Å²) in [4.78, 5) is 28.2. The summed E-state index contributed by atoms with van der Waals surface area (Å²) in [6, 6.07) is 17.6. The van der Waals surface area contributed by atoms with Gasteiger partial charge < -0.3 is 15.0 Å². The summed E-state index contributed by atoms with van der Waals surface area (Å²) in [6.45, 7) is 6.89. The molecule has 208 valence electrons. The van der Waals surface area contributed by atoms with E-state index < -0.39 is 28.5 Å². The summed E-state index contributed by atoms with van der Waals surface area (Å²) in [7, 11) is -2.63. The van der Waals surface area contributed by atoms with Gasteiger partial charge in [0.1, 0.15) is 18.3 Å². The van der Waals surface area contributed by atoms with E-state index in [9.17, 15) is 18.0 Å². The number of anilines is 1. The maximum Gasteiger partial charge on any atom is 0.264 e. The summed E-state index contributed by atoms with van der Waals surface area (Å²) < 4.78 is 34.2. The molecule has 8 nitrogen and oxygen atoms in total. The van der Waals surface area contributed by atoms with Crippen LogP contribution in [0.15, 0.2) is 71.6 Å². The normalized spacial score (nSPS) is 11.9. The maximum atomic E-state index is 13.9. The number of nitrogens with zero attached hydrogens (tertiary/aromatic N) is 2. The Kier molecular flexibility index (Phi) is 9.99. The van der Waals surface area contributed by atoms with Crippen molar-refractivity contribution < 1.29 is 22.7 Å². The van der Waals surface area contributed by atoms with E-state index in [0.717, 1.165) is 15.4 Å². The van der Waals surface area contributed by atoms with E-state index in [-0.39, 0.29) is 23.0 Å². The number of carbonyl (C=O) groups excluding carboxylic acids is 2. The monoisotopic (exact) mass is 571 g/mol.